The Morgan fingerprint density at radius 3 is 2.10 bits per heavy atom. The van der Waals surface area contributed by atoms with E-state index in [-0.39, 0.29) is 0 Å². The van der Waals surface area contributed by atoms with Crippen LogP contribution >= 0.6 is 11.3 Å². The van der Waals surface area contributed by atoms with Crippen LogP contribution in [-0.4, -0.2) is 5.10 Å². The first kappa shape index (κ1) is 12.2. The van der Waals surface area contributed by atoms with Gasteiger partial charge in [0.2, 0.25) is 0 Å². The van der Waals surface area contributed by atoms with E-state index >= 15 is 0 Å². The van der Waals surface area contributed by atoms with Crippen molar-refractivity contribution in [2.24, 2.45) is 0 Å². The molecule has 0 saturated carbocycles. The highest BCUT2D eigenvalue weighted by Crippen LogP contribution is 2.22. The van der Waals surface area contributed by atoms with Gasteiger partial charge in [-0.25, -0.2) is 0 Å². The third kappa shape index (κ3) is 2.22. The Morgan fingerprint density at radius 2 is 1.38 bits per heavy atom. The molecule has 0 unspecified atom stereocenters. The molecule has 0 atom stereocenters. The molecule has 2 nitrogen and oxygen atoms in total. The highest BCUT2D eigenvalue weighted by atomic mass is 32.1. The second-order valence-electron chi connectivity index (χ2n) is 4.82. The highest BCUT2D eigenvalue weighted by molar-refractivity contribution is 7.15. The number of nitrogens with zero attached hydrogens (tertiary/aromatic N) is 2. The smallest absolute Gasteiger partial charge is 0.0674 e. The van der Waals surface area contributed by atoms with Crippen LogP contribution in [0.4, 0.5) is 0 Å². The van der Waals surface area contributed by atoms with E-state index in [1.165, 1.54) is 5.56 Å². The van der Waals surface area contributed by atoms with Crippen LogP contribution in [-0.2, 0) is 0 Å². The maximum Gasteiger partial charge on any atom is 0.294 e. The second kappa shape index (κ2) is 5.11. The lowest BCUT2D eigenvalue weighted by Crippen LogP contribution is -2.26. The molecule has 0 aliphatic carbocycles. The molecule has 2 aromatic carbocycles. The molecule has 0 bridgehead atoms. The average molecular weight is 289 g/mol. The number of benzene rings is 2. The first-order chi connectivity index (χ1) is 10.4. The largest absolute Gasteiger partial charge is 0.294 e. The van der Waals surface area contributed by atoms with Crippen LogP contribution in [0.15, 0.2) is 78.2 Å². The maximum absolute atomic E-state index is 4.81. The molecule has 0 radical (unpaired) electrons. The lowest BCUT2D eigenvalue weighted by Gasteiger charge is -1.97. The molecule has 2 aromatic heterocycles. The third-order valence-electron chi connectivity index (χ3n) is 3.46. The SMILES string of the molecule is c1ccc(-c2ccc3scc(-c4ccccc4)[n+]3n2)cc1. The fourth-order valence-electron chi connectivity index (χ4n) is 2.40. The van der Waals surface area contributed by atoms with Gasteiger partial charge in [0.15, 0.2) is 0 Å². The van der Waals surface area contributed by atoms with Gasteiger partial charge in [-0.2, -0.15) is 0 Å². The predicted molar refractivity (Wildman–Crippen MR) is 86.1 cm³/mol. The van der Waals surface area contributed by atoms with Crippen LogP contribution in [0.3, 0.4) is 0 Å². The minimum absolute atomic E-state index is 0.990. The van der Waals surface area contributed by atoms with E-state index in [2.05, 4.69) is 53.9 Å². The Balaban J connectivity index is 1.91. The molecule has 0 spiro atoms. The molecule has 21 heavy (non-hydrogen) atoms. The molecule has 2 heterocycles. The molecule has 4 aromatic rings. The molecule has 0 saturated heterocycles. The second-order valence-corrected chi connectivity index (χ2v) is 5.71. The summed E-state index contributed by atoms with van der Waals surface area (Å²) in [5, 5.41) is 6.97. The molecule has 0 fully saturated rings. The van der Waals surface area contributed by atoms with Gasteiger partial charge in [0.1, 0.15) is 5.69 Å². The van der Waals surface area contributed by atoms with Crippen molar-refractivity contribution in [2.45, 2.75) is 0 Å². The van der Waals surface area contributed by atoms with Gasteiger partial charge in [0.05, 0.1) is 10.9 Å². The zero-order valence-electron chi connectivity index (χ0n) is 11.3. The Kier molecular flexibility index (Phi) is 2.98. The summed E-state index contributed by atoms with van der Waals surface area (Å²) in [5.74, 6) is 0. The van der Waals surface area contributed by atoms with Gasteiger partial charge in [0.25, 0.3) is 10.5 Å². The van der Waals surface area contributed by atoms with Crippen LogP contribution in [0.2, 0.25) is 0 Å². The van der Waals surface area contributed by atoms with Crippen molar-refractivity contribution in [2.75, 3.05) is 0 Å². The van der Waals surface area contributed by atoms with Gasteiger partial charge in [-0.15, -0.1) is 0 Å². The van der Waals surface area contributed by atoms with Crippen molar-refractivity contribution < 1.29 is 4.52 Å². The average Bonchev–Trinajstić information content (AvgIpc) is 2.99. The van der Waals surface area contributed by atoms with Crippen molar-refractivity contribution in [3.8, 4) is 22.5 Å². The van der Waals surface area contributed by atoms with Crippen LogP contribution < -0.4 is 4.52 Å². The number of thiazole rings is 1. The molecule has 0 N–H and O–H groups in total. The minimum atomic E-state index is 0.990. The molecule has 4 rings (SSSR count). The lowest BCUT2D eigenvalue weighted by atomic mass is 10.1. The van der Waals surface area contributed by atoms with E-state index in [9.17, 15) is 0 Å². The zero-order chi connectivity index (χ0) is 14.1. The third-order valence-corrected chi connectivity index (χ3v) is 4.35. The van der Waals surface area contributed by atoms with Gasteiger partial charge in [-0.1, -0.05) is 59.9 Å². The predicted octanol–water partition coefficient (Wildman–Crippen LogP) is 4.22. The van der Waals surface area contributed by atoms with Gasteiger partial charge >= 0.3 is 0 Å². The van der Waals surface area contributed by atoms with E-state index in [1.807, 2.05) is 28.8 Å². The van der Waals surface area contributed by atoms with Gasteiger partial charge < -0.3 is 0 Å². The van der Waals surface area contributed by atoms with Gasteiger partial charge in [0, 0.05) is 16.7 Å². The number of rotatable bonds is 2. The molecule has 0 aliphatic heterocycles. The first-order valence-electron chi connectivity index (χ1n) is 6.83. The Bertz CT molecular complexity index is 883. The first-order valence-corrected chi connectivity index (χ1v) is 7.71. The lowest BCUT2D eigenvalue weighted by molar-refractivity contribution is -0.564. The summed E-state index contributed by atoms with van der Waals surface area (Å²) in [5.41, 5.74) is 4.45. The number of hydrogen-bond donors (Lipinski definition) is 0. The summed E-state index contributed by atoms with van der Waals surface area (Å²) in [6.45, 7) is 0. The van der Waals surface area contributed by atoms with Crippen molar-refractivity contribution in [1.82, 2.24) is 5.10 Å². The fraction of sp³-hybridized carbons (Fsp3) is 0. The molecular weight excluding hydrogens is 276 g/mol. The molecular formula is C18H13N2S+. The Morgan fingerprint density at radius 1 is 0.714 bits per heavy atom. The van der Waals surface area contributed by atoms with Crippen LogP contribution in [0, 0.1) is 0 Å². The quantitative estimate of drug-likeness (QED) is 0.505. The number of fused-ring (bicyclic) bond motifs is 1. The Hall–Kier alpha value is -2.52. The number of aromatic nitrogens is 2. The van der Waals surface area contributed by atoms with Crippen LogP contribution in [0.1, 0.15) is 0 Å². The van der Waals surface area contributed by atoms with Crippen molar-refractivity contribution in [1.29, 1.82) is 0 Å². The summed E-state index contributed by atoms with van der Waals surface area (Å²) in [7, 11) is 0. The zero-order valence-corrected chi connectivity index (χ0v) is 12.1. The normalized spacial score (nSPS) is 10.9. The summed E-state index contributed by atoms with van der Waals surface area (Å²) in [6, 6.07) is 24.9. The minimum Gasteiger partial charge on any atom is -0.0674 e. The standard InChI is InChI=1S/C18H13N2S/c1-3-7-14(8-4-1)16-11-12-18-20(19-16)17(13-21-18)15-9-5-2-6-10-15/h1-13H/q+1. The Labute approximate surface area is 127 Å². The van der Waals surface area contributed by atoms with Crippen molar-refractivity contribution >= 4 is 16.2 Å². The van der Waals surface area contributed by atoms with Gasteiger partial charge in [-0.3, -0.25) is 0 Å². The van der Waals surface area contributed by atoms with Crippen molar-refractivity contribution in [3.63, 3.8) is 0 Å². The van der Waals surface area contributed by atoms with Crippen LogP contribution in [0.5, 0.6) is 0 Å². The van der Waals surface area contributed by atoms with Gasteiger partial charge in [-0.05, 0) is 22.7 Å². The summed E-state index contributed by atoms with van der Waals surface area (Å²) >= 11 is 1.71. The summed E-state index contributed by atoms with van der Waals surface area (Å²) in [4.78, 5) is 1.15. The maximum atomic E-state index is 4.81. The van der Waals surface area contributed by atoms with E-state index in [1.54, 1.807) is 11.3 Å². The highest BCUT2D eigenvalue weighted by Gasteiger charge is 2.18. The molecule has 3 heteroatoms. The molecule has 0 aliphatic rings. The van der Waals surface area contributed by atoms with E-state index < -0.39 is 0 Å². The monoisotopic (exact) mass is 289 g/mol. The van der Waals surface area contributed by atoms with E-state index in [0.29, 0.717) is 0 Å². The topological polar surface area (TPSA) is 17.0 Å². The molecule has 0 amide bonds. The van der Waals surface area contributed by atoms with E-state index in [4.69, 9.17) is 5.10 Å². The summed E-state index contributed by atoms with van der Waals surface area (Å²) < 4.78 is 2.03. The van der Waals surface area contributed by atoms with Crippen LogP contribution in [0.25, 0.3) is 27.3 Å². The fourth-order valence-corrected chi connectivity index (χ4v) is 3.26. The number of hydrogen-bond acceptors (Lipinski definition) is 2. The van der Waals surface area contributed by atoms with Crippen molar-refractivity contribution in [3.05, 3.63) is 78.2 Å². The summed E-state index contributed by atoms with van der Waals surface area (Å²) in [6.07, 6.45) is 0. The van der Waals surface area contributed by atoms with E-state index in [0.717, 1.165) is 21.8 Å². The molecule has 100 valence electrons.